The van der Waals surface area contributed by atoms with Crippen LogP contribution in [0.25, 0.3) is 0 Å². The largest absolute Gasteiger partial charge is 0.306 e. The predicted octanol–water partition coefficient (Wildman–Crippen LogP) is 2.17. The third kappa shape index (κ3) is 3.28. The molecule has 2 atom stereocenters. The Morgan fingerprint density at radius 1 is 1.45 bits per heavy atom. The number of piperidine rings is 1. The van der Waals surface area contributed by atoms with Crippen LogP contribution < -0.4 is 0 Å². The summed E-state index contributed by atoms with van der Waals surface area (Å²) in [5, 5.41) is 9.54. The molecule has 0 bridgehead atoms. The van der Waals surface area contributed by atoms with Gasteiger partial charge in [0.15, 0.2) is 0 Å². The first-order valence-electron chi connectivity index (χ1n) is 7.13. The lowest BCUT2D eigenvalue weighted by Crippen LogP contribution is -2.49. The Morgan fingerprint density at radius 3 is 2.73 bits per heavy atom. The molecular weight excluding hydrogens is 322 g/mol. The third-order valence-corrected chi connectivity index (χ3v) is 6.43. The van der Waals surface area contributed by atoms with E-state index < -0.39 is 10.0 Å². The Labute approximate surface area is 137 Å². The molecule has 0 unspecified atom stereocenters. The van der Waals surface area contributed by atoms with Gasteiger partial charge in [-0.2, -0.15) is 9.57 Å². The summed E-state index contributed by atoms with van der Waals surface area (Å²) in [5.74, 6) is 0.233. The van der Waals surface area contributed by atoms with Gasteiger partial charge in [0, 0.05) is 24.7 Å². The van der Waals surface area contributed by atoms with Crippen molar-refractivity contribution in [3.05, 3.63) is 28.8 Å². The van der Waals surface area contributed by atoms with Gasteiger partial charge in [-0.05, 0) is 44.1 Å². The number of halogens is 1. The molecule has 1 fully saturated rings. The molecular formula is C15H20ClN3O2S. The quantitative estimate of drug-likeness (QED) is 0.845. The van der Waals surface area contributed by atoms with Crippen LogP contribution in [0.4, 0.5) is 0 Å². The summed E-state index contributed by atoms with van der Waals surface area (Å²) in [7, 11) is -0.0841. The van der Waals surface area contributed by atoms with Crippen LogP contribution in [0.15, 0.2) is 23.1 Å². The fourth-order valence-electron chi connectivity index (χ4n) is 3.03. The fraction of sp³-hybridized carbons (Fsp3) is 0.533. The molecule has 1 heterocycles. The first-order chi connectivity index (χ1) is 10.3. The van der Waals surface area contributed by atoms with Crippen molar-refractivity contribution in [2.45, 2.75) is 24.3 Å². The van der Waals surface area contributed by atoms with Crippen LogP contribution >= 0.6 is 11.6 Å². The molecule has 1 saturated heterocycles. The lowest BCUT2D eigenvalue weighted by atomic mass is 9.94. The molecule has 1 aliphatic heterocycles. The average molecular weight is 342 g/mol. The molecule has 2 rings (SSSR count). The number of benzene rings is 1. The maximum atomic E-state index is 12.9. The van der Waals surface area contributed by atoms with Crippen molar-refractivity contribution in [1.29, 1.82) is 5.26 Å². The fourth-order valence-corrected chi connectivity index (χ4v) is 4.80. The molecule has 0 N–H and O–H groups in total. The number of nitrogens with zero attached hydrogens (tertiary/aromatic N) is 3. The van der Waals surface area contributed by atoms with E-state index in [-0.39, 0.29) is 22.4 Å². The van der Waals surface area contributed by atoms with E-state index in [1.165, 1.54) is 22.5 Å². The number of rotatable bonds is 3. The summed E-state index contributed by atoms with van der Waals surface area (Å²) in [4.78, 5) is 2.22. The van der Waals surface area contributed by atoms with Gasteiger partial charge in [-0.15, -0.1) is 0 Å². The molecule has 0 amide bonds. The van der Waals surface area contributed by atoms with Gasteiger partial charge in [0.2, 0.25) is 10.0 Å². The molecule has 0 aliphatic carbocycles. The van der Waals surface area contributed by atoms with E-state index in [0.29, 0.717) is 5.02 Å². The van der Waals surface area contributed by atoms with Gasteiger partial charge in [-0.1, -0.05) is 18.5 Å². The van der Waals surface area contributed by atoms with Crippen molar-refractivity contribution in [3.63, 3.8) is 0 Å². The van der Waals surface area contributed by atoms with Crippen LogP contribution in [0.1, 0.15) is 18.9 Å². The molecule has 5 nitrogen and oxygen atoms in total. The Morgan fingerprint density at radius 2 is 2.14 bits per heavy atom. The molecule has 0 aromatic heterocycles. The summed E-state index contributed by atoms with van der Waals surface area (Å²) >= 11 is 5.85. The summed E-state index contributed by atoms with van der Waals surface area (Å²) in [5.41, 5.74) is 0.0833. The van der Waals surface area contributed by atoms with E-state index in [4.69, 9.17) is 11.6 Å². The van der Waals surface area contributed by atoms with Crippen molar-refractivity contribution >= 4 is 21.6 Å². The van der Waals surface area contributed by atoms with Crippen molar-refractivity contribution in [2.24, 2.45) is 5.92 Å². The van der Waals surface area contributed by atoms with E-state index in [0.717, 1.165) is 19.5 Å². The third-order valence-electron chi connectivity index (χ3n) is 4.25. The number of likely N-dealkylation sites (tertiary alicyclic amines) is 1. The van der Waals surface area contributed by atoms with E-state index in [2.05, 4.69) is 11.8 Å². The van der Waals surface area contributed by atoms with Crippen LogP contribution in [-0.2, 0) is 10.0 Å². The highest BCUT2D eigenvalue weighted by molar-refractivity contribution is 7.89. The molecule has 1 aromatic rings. The first-order valence-corrected chi connectivity index (χ1v) is 8.95. The molecule has 0 radical (unpaired) electrons. The maximum Gasteiger partial charge on any atom is 0.244 e. The van der Waals surface area contributed by atoms with Crippen molar-refractivity contribution in [2.75, 3.05) is 27.2 Å². The van der Waals surface area contributed by atoms with Gasteiger partial charge in [-0.3, -0.25) is 0 Å². The summed E-state index contributed by atoms with van der Waals surface area (Å²) in [6.07, 6.45) is 0.781. The Kier molecular flexibility index (Phi) is 5.13. The predicted molar refractivity (Wildman–Crippen MR) is 86.2 cm³/mol. The lowest BCUT2D eigenvalue weighted by Gasteiger charge is -2.39. The molecule has 0 saturated carbocycles. The van der Waals surface area contributed by atoms with Crippen LogP contribution in [0.5, 0.6) is 0 Å². The molecule has 22 heavy (non-hydrogen) atoms. The minimum absolute atomic E-state index is 0.0213. The summed E-state index contributed by atoms with van der Waals surface area (Å²) < 4.78 is 27.1. The SMILES string of the molecule is C[C@H]1CN(C)CC[C@H]1N(C)S(=O)(=O)c1ccc(Cl)cc1C#N. The molecule has 120 valence electrons. The van der Waals surface area contributed by atoms with Gasteiger partial charge >= 0.3 is 0 Å². The van der Waals surface area contributed by atoms with Gasteiger partial charge in [0.1, 0.15) is 11.0 Å². The second kappa shape index (κ2) is 6.55. The van der Waals surface area contributed by atoms with E-state index in [1.54, 1.807) is 7.05 Å². The van der Waals surface area contributed by atoms with Crippen LogP contribution in [0.2, 0.25) is 5.02 Å². The number of nitriles is 1. The Balaban J connectivity index is 2.36. The van der Waals surface area contributed by atoms with E-state index in [9.17, 15) is 13.7 Å². The van der Waals surface area contributed by atoms with E-state index >= 15 is 0 Å². The summed E-state index contributed by atoms with van der Waals surface area (Å²) in [6, 6.07) is 6.15. The van der Waals surface area contributed by atoms with E-state index in [1.807, 2.05) is 13.1 Å². The highest BCUT2D eigenvalue weighted by Gasteiger charge is 2.35. The zero-order chi connectivity index (χ0) is 16.5. The van der Waals surface area contributed by atoms with Crippen molar-refractivity contribution in [3.8, 4) is 6.07 Å². The van der Waals surface area contributed by atoms with Gasteiger partial charge < -0.3 is 4.90 Å². The molecule has 1 aliphatic rings. The monoisotopic (exact) mass is 341 g/mol. The van der Waals surface area contributed by atoms with Crippen molar-refractivity contribution < 1.29 is 8.42 Å². The molecule has 0 spiro atoms. The lowest BCUT2D eigenvalue weighted by molar-refractivity contribution is 0.139. The topological polar surface area (TPSA) is 64.4 Å². The second-order valence-electron chi connectivity index (χ2n) is 5.87. The van der Waals surface area contributed by atoms with Gasteiger partial charge in [0.25, 0.3) is 0 Å². The average Bonchev–Trinajstić information content (AvgIpc) is 2.46. The zero-order valence-corrected chi connectivity index (χ0v) is 14.5. The Bertz CT molecular complexity index is 699. The molecule has 1 aromatic carbocycles. The maximum absolute atomic E-state index is 12.9. The first kappa shape index (κ1) is 17.2. The zero-order valence-electron chi connectivity index (χ0n) is 13.0. The van der Waals surface area contributed by atoms with Crippen LogP contribution in [-0.4, -0.2) is 50.8 Å². The Hall–Kier alpha value is -1.13. The number of hydrogen-bond donors (Lipinski definition) is 0. The van der Waals surface area contributed by atoms with Crippen molar-refractivity contribution in [1.82, 2.24) is 9.21 Å². The minimum atomic E-state index is -3.71. The van der Waals surface area contributed by atoms with Gasteiger partial charge in [0.05, 0.1) is 5.56 Å². The summed E-state index contributed by atoms with van der Waals surface area (Å²) in [6.45, 7) is 3.77. The second-order valence-corrected chi connectivity index (χ2v) is 8.27. The highest BCUT2D eigenvalue weighted by Crippen LogP contribution is 2.28. The smallest absolute Gasteiger partial charge is 0.244 e. The van der Waals surface area contributed by atoms with Gasteiger partial charge in [-0.25, -0.2) is 8.42 Å². The normalized spacial score (nSPS) is 23.5. The minimum Gasteiger partial charge on any atom is -0.306 e. The molecule has 7 heteroatoms. The number of sulfonamides is 1. The highest BCUT2D eigenvalue weighted by atomic mass is 35.5. The standard InChI is InChI=1S/C15H20ClN3O2S/c1-11-10-18(2)7-6-14(11)19(3)22(20,21)15-5-4-13(16)8-12(15)9-17/h4-5,8,11,14H,6-7,10H2,1-3H3/t11-,14+/m0/s1. The van der Waals surface area contributed by atoms with Crippen LogP contribution in [0.3, 0.4) is 0 Å². The number of hydrogen-bond acceptors (Lipinski definition) is 4. The van der Waals surface area contributed by atoms with Crippen LogP contribution in [0, 0.1) is 17.2 Å².